The number of sulfonamides is 1. The number of aldehydes is 3. The Morgan fingerprint density at radius 1 is 0.907 bits per heavy atom. The molecule has 0 spiro atoms. The van der Waals surface area contributed by atoms with E-state index in [4.69, 9.17) is 14.6 Å². The van der Waals surface area contributed by atoms with Crippen LogP contribution in [0.1, 0.15) is 17.0 Å². The summed E-state index contributed by atoms with van der Waals surface area (Å²) in [5.41, 5.74) is -0.108. The monoisotopic (exact) mass is 611 g/mol. The molecule has 3 aromatic rings. The number of primary sulfonamides is 1. The molecule has 1 atom stereocenters. The van der Waals surface area contributed by atoms with Gasteiger partial charge in [0.2, 0.25) is 15.9 Å². The zero-order chi connectivity index (χ0) is 31.1. The van der Waals surface area contributed by atoms with Crippen molar-refractivity contribution in [1.82, 2.24) is 20.2 Å². The first-order valence-corrected chi connectivity index (χ1v) is 14.8. The first-order chi connectivity index (χ1) is 20.7. The summed E-state index contributed by atoms with van der Waals surface area (Å²) in [4.78, 5) is 59.1. The van der Waals surface area contributed by atoms with Gasteiger partial charge in [0.15, 0.2) is 18.2 Å². The fourth-order valence-electron chi connectivity index (χ4n) is 4.03. The van der Waals surface area contributed by atoms with Crippen molar-refractivity contribution in [3.05, 3.63) is 90.0 Å². The van der Waals surface area contributed by atoms with E-state index in [-0.39, 0.29) is 50.1 Å². The Hall–Kier alpha value is -4.21. The molecule has 0 radical (unpaired) electrons. The molecule has 0 aliphatic heterocycles. The molecule has 0 fully saturated rings. The number of nitrogens with zero attached hydrogens (tertiary/aromatic N) is 3. The van der Waals surface area contributed by atoms with Gasteiger partial charge in [0.25, 0.3) is 0 Å². The summed E-state index contributed by atoms with van der Waals surface area (Å²) in [7, 11) is -3.89. The lowest BCUT2D eigenvalue weighted by Crippen LogP contribution is -2.52. The number of benzene rings is 1. The molecule has 3 rings (SSSR count). The maximum absolute atomic E-state index is 12.7. The molecule has 0 saturated heterocycles. The van der Waals surface area contributed by atoms with Gasteiger partial charge in [-0.25, -0.2) is 13.6 Å². The summed E-state index contributed by atoms with van der Waals surface area (Å²) in [6.07, 6.45) is 3.82. The quantitative estimate of drug-likeness (QED) is 0.109. The maximum Gasteiger partial charge on any atom is 0.238 e. The van der Waals surface area contributed by atoms with Crippen LogP contribution in [0, 0.1) is 5.92 Å². The fourth-order valence-corrected chi connectivity index (χ4v) is 4.55. The standard InChI is InChI=1S/C29H33N5O8S/c30-43(39,40)26-9-7-23(8-10-26)17-33-28(38)27(20-35)29(21-36,22-37)42-16-15-41-14-13-34(18-24-5-1-3-11-31-24)19-25-6-2-4-12-32-25/h1-12,20-22,27H,13-19H2,(H,33,38)(H2,30,39,40). The zero-order valence-electron chi connectivity index (χ0n) is 23.3. The molecule has 43 heavy (non-hydrogen) atoms. The fraction of sp³-hybridized carbons (Fsp3) is 0.310. The van der Waals surface area contributed by atoms with Crippen LogP contribution in [0.3, 0.4) is 0 Å². The topological polar surface area (TPSA) is 188 Å². The van der Waals surface area contributed by atoms with Crippen molar-refractivity contribution in [3.63, 3.8) is 0 Å². The predicted octanol–water partition coefficient (Wildman–Crippen LogP) is 0.428. The number of rotatable bonds is 19. The van der Waals surface area contributed by atoms with Gasteiger partial charge in [-0.2, -0.15) is 0 Å². The van der Waals surface area contributed by atoms with Gasteiger partial charge in [0, 0.05) is 38.6 Å². The summed E-state index contributed by atoms with van der Waals surface area (Å²) >= 11 is 0. The van der Waals surface area contributed by atoms with Crippen molar-refractivity contribution < 1.29 is 37.1 Å². The lowest BCUT2D eigenvalue weighted by molar-refractivity contribution is -0.161. The van der Waals surface area contributed by atoms with E-state index in [9.17, 15) is 27.6 Å². The highest BCUT2D eigenvalue weighted by atomic mass is 32.2. The lowest BCUT2D eigenvalue weighted by atomic mass is 9.90. The van der Waals surface area contributed by atoms with Gasteiger partial charge in [-0.15, -0.1) is 0 Å². The molecule has 2 heterocycles. The second kappa shape index (κ2) is 16.4. The molecule has 1 amide bonds. The van der Waals surface area contributed by atoms with Gasteiger partial charge in [-0.3, -0.25) is 29.3 Å². The average molecular weight is 612 g/mol. The van der Waals surface area contributed by atoms with Gasteiger partial charge < -0.3 is 19.6 Å². The van der Waals surface area contributed by atoms with E-state index < -0.39 is 27.4 Å². The van der Waals surface area contributed by atoms with E-state index in [1.165, 1.54) is 24.3 Å². The Balaban J connectivity index is 1.51. The third-order valence-corrected chi connectivity index (χ3v) is 7.28. The highest BCUT2D eigenvalue weighted by Gasteiger charge is 2.44. The molecule has 13 nitrogen and oxygen atoms in total. The number of amides is 1. The number of hydrogen-bond acceptors (Lipinski definition) is 11. The number of nitrogens with two attached hydrogens (primary N) is 1. The van der Waals surface area contributed by atoms with Crippen LogP contribution < -0.4 is 10.5 Å². The highest BCUT2D eigenvalue weighted by Crippen LogP contribution is 2.18. The number of carbonyl (C=O) groups excluding carboxylic acids is 4. The van der Waals surface area contributed by atoms with Crippen LogP contribution in [0.4, 0.5) is 0 Å². The number of pyridine rings is 2. The van der Waals surface area contributed by atoms with Crippen LogP contribution >= 0.6 is 0 Å². The van der Waals surface area contributed by atoms with Crippen molar-refractivity contribution in [1.29, 1.82) is 0 Å². The smallest absolute Gasteiger partial charge is 0.238 e. The Morgan fingerprint density at radius 3 is 2.00 bits per heavy atom. The Morgan fingerprint density at radius 2 is 1.51 bits per heavy atom. The van der Waals surface area contributed by atoms with Crippen molar-refractivity contribution >= 4 is 34.8 Å². The van der Waals surface area contributed by atoms with Crippen molar-refractivity contribution in [2.45, 2.75) is 30.1 Å². The van der Waals surface area contributed by atoms with Crippen LogP contribution in [0.15, 0.2) is 78.0 Å². The molecule has 228 valence electrons. The van der Waals surface area contributed by atoms with E-state index in [0.29, 0.717) is 25.2 Å². The maximum atomic E-state index is 12.7. The summed E-state index contributed by atoms with van der Waals surface area (Å²) in [5.74, 6) is -2.69. The van der Waals surface area contributed by atoms with Crippen LogP contribution in [-0.4, -0.2) is 80.0 Å². The molecule has 0 aliphatic rings. The second-order valence-corrected chi connectivity index (χ2v) is 11.0. The first-order valence-electron chi connectivity index (χ1n) is 13.2. The van der Waals surface area contributed by atoms with Crippen LogP contribution in [-0.2, 0) is 58.3 Å². The van der Waals surface area contributed by atoms with Crippen molar-refractivity contribution in [3.8, 4) is 0 Å². The molecular weight excluding hydrogens is 578 g/mol. The van der Waals surface area contributed by atoms with E-state index in [1.54, 1.807) is 12.4 Å². The van der Waals surface area contributed by atoms with Gasteiger partial charge in [-0.05, 0) is 42.0 Å². The number of ether oxygens (including phenoxy) is 2. The van der Waals surface area contributed by atoms with E-state index in [2.05, 4.69) is 20.2 Å². The molecule has 3 N–H and O–H groups in total. The largest absolute Gasteiger partial charge is 0.378 e. The van der Waals surface area contributed by atoms with E-state index in [1.807, 2.05) is 36.4 Å². The third kappa shape index (κ3) is 10.2. The first kappa shape index (κ1) is 33.3. The Labute approximate surface area is 249 Å². The van der Waals surface area contributed by atoms with Crippen molar-refractivity contribution in [2.75, 3.05) is 26.4 Å². The summed E-state index contributed by atoms with van der Waals surface area (Å²) < 4.78 is 33.9. The summed E-state index contributed by atoms with van der Waals surface area (Å²) in [5, 5.41) is 7.52. The molecule has 0 aliphatic carbocycles. The Bertz CT molecular complexity index is 1390. The SMILES string of the molecule is NS(=O)(=O)c1ccc(CNC(=O)C(C=O)C(C=O)(C=O)OCCOCCN(Cc2ccccn2)Cc2ccccn2)cc1. The van der Waals surface area contributed by atoms with Gasteiger partial charge in [0.05, 0.1) is 36.1 Å². The lowest BCUT2D eigenvalue weighted by Gasteiger charge is -2.27. The van der Waals surface area contributed by atoms with Gasteiger partial charge >= 0.3 is 0 Å². The number of hydrogen-bond donors (Lipinski definition) is 2. The molecule has 0 saturated carbocycles. The summed E-state index contributed by atoms with van der Waals surface area (Å²) in [6.45, 7) is 1.53. The van der Waals surface area contributed by atoms with Crippen molar-refractivity contribution in [2.24, 2.45) is 11.1 Å². The highest BCUT2D eigenvalue weighted by molar-refractivity contribution is 7.89. The molecule has 2 aromatic heterocycles. The molecular formula is C29H33N5O8S. The molecule has 0 bridgehead atoms. The third-order valence-electron chi connectivity index (χ3n) is 6.35. The average Bonchev–Trinajstić information content (AvgIpc) is 3.01. The van der Waals surface area contributed by atoms with Gasteiger partial charge in [0.1, 0.15) is 12.2 Å². The van der Waals surface area contributed by atoms with Crippen LogP contribution in [0.25, 0.3) is 0 Å². The van der Waals surface area contributed by atoms with E-state index in [0.717, 1.165) is 11.4 Å². The van der Waals surface area contributed by atoms with E-state index >= 15 is 0 Å². The van der Waals surface area contributed by atoms with Crippen LogP contribution in [0.2, 0.25) is 0 Å². The molecule has 14 heteroatoms. The number of aromatic nitrogens is 2. The normalized spacial score (nSPS) is 12.4. The second-order valence-electron chi connectivity index (χ2n) is 9.42. The minimum absolute atomic E-state index is 0.0198. The van der Waals surface area contributed by atoms with Crippen LogP contribution in [0.5, 0.6) is 0 Å². The van der Waals surface area contributed by atoms with Gasteiger partial charge in [-0.1, -0.05) is 24.3 Å². The minimum Gasteiger partial charge on any atom is -0.378 e. The Kier molecular flexibility index (Phi) is 12.7. The molecule has 1 unspecified atom stereocenters. The summed E-state index contributed by atoms with van der Waals surface area (Å²) in [6, 6.07) is 16.7. The number of nitrogens with one attached hydrogen (secondary N) is 1. The zero-order valence-corrected chi connectivity index (χ0v) is 24.1. The number of carbonyl (C=O) groups is 4. The molecule has 1 aromatic carbocycles. The minimum atomic E-state index is -3.89. The predicted molar refractivity (Wildman–Crippen MR) is 153 cm³/mol.